The molecule has 1 aliphatic rings. The summed E-state index contributed by atoms with van der Waals surface area (Å²) in [4.78, 5) is 40.3. The van der Waals surface area contributed by atoms with E-state index in [9.17, 15) is 19.5 Å². The first-order valence-corrected chi connectivity index (χ1v) is 10.9. The van der Waals surface area contributed by atoms with Crippen LogP contribution < -0.4 is 10.6 Å². The van der Waals surface area contributed by atoms with Crippen LogP contribution in [-0.2, 0) is 27.8 Å². The number of fused-ring (bicyclic) bond motifs is 3. The van der Waals surface area contributed by atoms with E-state index in [1.807, 2.05) is 48.5 Å². The summed E-state index contributed by atoms with van der Waals surface area (Å²) >= 11 is 0. The molecule has 2 aromatic carbocycles. The monoisotopic (exact) mass is 463 g/mol. The number of ether oxygens (including phenoxy) is 1. The summed E-state index contributed by atoms with van der Waals surface area (Å²) < 4.78 is 6.98. The number of carboxylic acids is 1. The number of carbonyl (C=O) groups is 3. The van der Waals surface area contributed by atoms with Crippen molar-refractivity contribution in [2.45, 2.75) is 24.8 Å². The fraction of sp³-hybridized carbons (Fsp3) is 0.292. The zero-order valence-corrected chi connectivity index (χ0v) is 18.6. The van der Waals surface area contributed by atoms with E-state index >= 15 is 0 Å². The lowest BCUT2D eigenvalue weighted by Gasteiger charge is -2.18. The molecule has 0 bridgehead atoms. The summed E-state index contributed by atoms with van der Waals surface area (Å²) in [5, 5.41) is 18.3. The van der Waals surface area contributed by atoms with Gasteiger partial charge in [0.2, 0.25) is 5.91 Å². The Labute approximate surface area is 196 Å². The predicted octanol–water partition coefficient (Wildman–Crippen LogP) is 1.86. The number of alkyl carbamates (subject to hydrolysis) is 1. The van der Waals surface area contributed by atoms with Gasteiger partial charge in [-0.3, -0.25) is 14.3 Å². The minimum atomic E-state index is -1.27. The first-order valence-electron chi connectivity index (χ1n) is 10.9. The Morgan fingerprint density at radius 1 is 1.09 bits per heavy atom. The molecule has 34 heavy (non-hydrogen) atoms. The molecule has 4 rings (SSSR count). The highest BCUT2D eigenvalue weighted by molar-refractivity contribution is 5.89. The molecular weight excluding hydrogens is 438 g/mol. The number of hydrogen-bond acceptors (Lipinski definition) is 6. The van der Waals surface area contributed by atoms with E-state index in [0.29, 0.717) is 12.2 Å². The smallest absolute Gasteiger partial charge is 0.407 e. The van der Waals surface area contributed by atoms with Crippen LogP contribution in [-0.4, -0.2) is 57.0 Å². The van der Waals surface area contributed by atoms with E-state index in [-0.39, 0.29) is 19.1 Å². The molecular formula is C24H25N5O5. The first-order chi connectivity index (χ1) is 16.4. The molecule has 0 aliphatic heterocycles. The average molecular weight is 463 g/mol. The lowest BCUT2D eigenvalue weighted by atomic mass is 9.98. The summed E-state index contributed by atoms with van der Waals surface area (Å²) in [6, 6.07) is 14.6. The van der Waals surface area contributed by atoms with Gasteiger partial charge in [0, 0.05) is 25.9 Å². The summed E-state index contributed by atoms with van der Waals surface area (Å²) in [7, 11) is 1.73. The third-order valence-corrected chi connectivity index (χ3v) is 5.63. The van der Waals surface area contributed by atoms with Gasteiger partial charge in [0.15, 0.2) is 5.82 Å². The van der Waals surface area contributed by atoms with Gasteiger partial charge in [0.05, 0.1) is 6.42 Å². The van der Waals surface area contributed by atoms with Gasteiger partial charge in [-0.25, -0.2) is 9.78 Å². The molecule has 10 nitrogen and oxygen atoms in total. The van der Waals surface area contributed by atoms with Crippen molar-refractivity contribution in [2.75, 3.05) is 13.2 Å². The normalized spacial score (nSPS) is 13.0. The number of aliphatic carboxylic acids is 1. The maximum absolute atomic E-state index is 12.5. The van der Waals surface area contributed by atoms with E-state index < -0.39 is 30.4 Å². The van der Waals surface area contributed by atoms with Crippen molar-refractivity contribution >= 4 is 18.0 Å². The molecule has 1 aliphatic carbocycles. The van der Waals surface area contributed by atoms with E-state index in [2.05, 4.69) is 20.7 Å². The molecule has 1 atom stereocenters. The van der Waals surface area contributed by atoms with Crippen molar-refractivity contribution in [1.82, 2.24) is 25.4 Å². The Morgan fingerprint density at radius 3 is 2.32 bits per heavy atom. The highest BCUT2D eigenvalue weighted by Crippen LogP contribution is 2.44. The topological polar surface area (TPSA) is 135 Å². The van der Waals surface area contributed by atoms with Crippen LogP contribution in [0.5, 0.6) is 0 Å². The Morgan fingerprint density at radius 2 is 1.74 bits per heavy atom. The Hall–Kier alpha value is -4.21. The number of aryl methyl sites for hydroxylation is 1. The third-order valence-electron chi connectivity index (χ3n) is 5.63. The van der Waals surface area contributed by atoms with E-state index in [0.717, 1.165) is 22.3 Å². The van der Waals surface area contributed by atoms with Crippen LogP contribution in [0.25, 0.3) is 11.1 Å². The molecule has 1 unspecified atom stereocenters. The second kappa shape index (κ2) is 10.2. The second-order valence-corrected chi connectivity index (χ2v) is 8.00. The highest BCUT2D eigenvalue weighted by Gasteiger charge is 2.30. The maximum atomic E-state index is 12.5. The molecule has 2 amide bonds. The molecule has 0 fully saturated rings. The van der Waals surface area contributed by atoms with Gasteiger partial charge in [-0.15, -0.1) is 0 Å². The minimum Gasteiger partial charge on any atom is -0.481 e. The lowest BCUT2D eigenvalue weighted by molar-refractivity contribution is -0.139. The number of aromatic nitrogens is 3. The predicted molar refractivity (Wildman–Crippen MR) is 122 cm³/mol. The van der Waals surface area contributed by atoms with Crippen molar-refractivity contribution in [3.8, 4) is 11.1 Å². The van der Waals surface area contributed by atoms with Crippen molar-refractivity contribution in [2.24, 2.45) is 7.05 Å². The molecule has 176 valence electrons. The molecule has 10 heteroatoms. The third kappa shape index (κ3) is 5.22. The van der Waals surface area contributed by atoms with E-state index in [1.54, 1.807) is 18.1 Å². The van der Waals surface area contributed by atoms with Gasteiger partial charge < -0.3 is 20.5 Å². The second-order valence-electron chi connectivity index (χ2n) is 8.00. The number of benzene rings is 2. The molecule has 0 saturated heterocycles. The van der Waals surface area contributed by atoms with Crippen molar-refractivity contribution in [3.05, 3.63) is 71.8 Å². The van der Waals surface area contributed by atoms with Crippen LogP contribution in [0.3, 0.4) is 0 Å². The lowest BCUT2D eigenvalue weighted by Crippen LogP contribution is -2.48. The van der Waals surface area contributed by atoms with Crippen LogP contribution in [0.4, 0.5) is 4.79 Å². The van der Waals surface area contributed by atoms with Crippen LogP contribution in [0.2, 0.25) is 0 Å². The van der Waals surface area contributed by atoms with Crippen LogP contribution in [0.1, 0.15) is 29.3 Å². The first kappa shape index (κ1) is 23.0. The number of rotatable bonds is 9. The zero-order chi connectivity index (χ0) is 24.1. The number of carbonyl (C=O) groups excluding carboxylic acids is 2. The Kier molecular flexibility index (Phi) is 6.86. The quantitative estimate of drug-likeness (QED) is 0.441. The van der Waals surface area contributed by atoms with Crippen molar-refractivity contribution < 1.29 is 24.2 Å². The fourth-order valence-corrected chi connectivity index (χ4v) is 4.09. The summed E-state index contributed by atoms with van der Waals surface area (Å²) in [5.41, 5.74) is 4.30. The number of amides is 2. The van der Waals surface area contributed by atoms with Gasteiger partial charge >= 0.3 is 12.1 Å². The number of hydrogen-bond donors (Lipinski definition) is 3. The fourth-order valence-electron chi connectivity index (χ4n) is 4.09. The summed E-state index contributed by atoms with van der Waals surface area (Å²) in [5.74, 6) is -1.44. The minimum absolute atomic E-state index is 0.0621. The van der Waals surface area contributed by atoms with Crippen LogP contribution >= 0.6 is 0 Å². The zero-order valence-electron chi connectivity index (χ0n) is 18.6. The summed E-state index contributed by atoms with van der Waals surface area (Å²) in [6.45, 7) is 0.262. The molecule has 3 N–H and O–H groups in total. The van der Waals surface area contributed by atoms with Crippen LogP contribution in [0.15, 0.2) is 54.9 Å². The number of nitrogens with one attached hydrogen (secondary N) is 2. The Balaban J connectivity index is 1.35. The maximum Gasteiger partial charge on any atom is 0.407 e. The van der Waals surface area contributed by atoms with Gasteiger partial charge in [0.25, 0.3) is 0 Å². The average Bonchev–Trinajstić information content (AvgIpc) is 3.37. The standard InChI is InChI=1S/C24H25N5O5/c1-29-14-26-21(28-29)10-11-25-23(32)20(12-22(30)31)27-24(33)34-13-19-17-8-4-2-6-15(17)16-7-3-5-9-18(16)19/h2-9,14,19-20H,10-13H2,1H3,(H,25,32)(H,27,33)(H,30,31). The van der Waals surface area contributed by atoms with Gasteiger partial charge in [0.1, 0.15) is 19.0 Å². The molecule has 0 saturated carbocycles. The van der Waals surface area contributed by atoms with Gasteiger partial charge in [-0.1, -0.05) is 48.5 Å². The van der Waals surface area contributed by atoms with E-state index in [4.69, 9.17) is 4.74 Å². The molecule has 0 radical (unpaired) electrons. The van der Waals surface area contributed by atoms with Gasteiger partial charge in [-0.2, -0.15) is 5.10 Å². The van der Waals surface area contributed by atoms with Crippen molar-refractivity contribution in [3.63, 3.8) is 0 Å². The van der Waals surface area contributed by atoms with E-state index in [1.165, 1.54) is 0 Å². The Bertz CT molecular complexity index is 1160. The van der Waals surface area contributed by atoms with Crippen LogP contribution in [0, 0.1) is 0 Å². The highest BCUT2D eigenvalue weighted by atomic mass is 16.5. The SMILES string of the molecule is Cn1cnc(CCNC(=O)C(CC(=O)O)NC(=O)OCC2c3ccccc3-c3ccccc32)n1. The number of nitrogens with zero attached hydrogens (tertiary/aromatic N) is 3. The van der Waals surface area contributed by atoms with Gasteiger partial charge in [-0.05, 0) is 22.3 Å². The molecule has 3 aromatic rings. The molecule has 1 aromatic heterocycles. The van der Waals surface area contributed by atoms with Crippen molar-refractivity contribution in [1.29, 1.82) is 0 Å². The molecule has 1 heterocycles. The summed E-state index contributed by atoms with van der Waals surface area (Å²) in [6.07, 6.45) is 0.493. The molecule has 0 spiro atoms. The number of carboxylic acid groups (broad SMARTS) is 1. The largest absolute Gasteiger partial charge is 0.481 e.